The van der Waals surface area contributed by atoms with Crippen molar-refractivity contribution in [1.29, 1.82) is 0 Å². The maximum absolute atomic E-state index is 12.8. The van der Waals surface area contributed by atoms with Crippen molar-refractivity contribution >= 4 is 28.8 Å². The molecule has 2 aliphatic rings. The van der Waals surface area contributed by atoms with E-state index >= 15 is 0 Å². The summed E-state index contributed by atoms with van der Waals surface area (Å²) in [7, 11) is 0. The number of aliphatic imine (C=N–C) groups is 1. The lowest BCUT2D eigenvalue weighted by atomic mass is 9.94. The molecule has 0 unspecified atom stereocenters. The molecule has 3 rings (SSSR count). The van der Waals surface area contributed by atoms with Crippen LogP contribution in [0.15, 0.2) is 46.6 Å². The fourth-order valence-electron chi connectivity index (χ4n) is 2.93. The Labute approximate surface area is 152 Å². The van der Waals surface area contributed by atoms with Gasteiger partial charge in [-0.2, -0.15) is 0 Å². The minimum Gasteiger partial charge on any atom is -0.462 e. The van der Waals surface area contributed by atoms with Gasteiger partial charge in [-0.15, -0.1) is 0 Å². The first-order chi connectivity index (χ1) is 11.9. The summed E-state index contributed by atoms with van der Waals surface area (Å²) in [4.78, 5) is 31.6. The van der Waals surface area contributed by atoms with Crippen LogP contribution in [0.5, 0.6) is 0 Å². The average molecular weight is 358 g/mol. The van der Waals surface area contributed by atoms with Crippen LogP contribution in [0.1, 0.15) is 39.3 Å². The Morgan fingerprint density at radius 3 is 2.64 bits per heavy atom. The molecule has 0 N–H and O–H groups in total. The summed E-state index contributed by atoms with van der Waals surface area (Å²) < 4.78 is 5.46. The maximum Gasteiger partial charge on any atom is 0.338 e. The lowest BCUT2D eigenvalue weighted by molar-refractivity contribution is -0.141. The molecule has 5 nitrogen and oxygen atoms in total. The quantitative estimate of drug-likeness (QED) is 0.773. The van der Waals surface area contributed by atoms with Gasteiger partial charge in [0.25, 0.3) is 0 Å². The third-order valence-electron chi connectivity index (χ3n) is 4.14. The Balaban J connectivity index is 2.05. The Bertz CT molecular complexity index is 755. The highest BCUT2D eigenvalue weighted by atomic mass is 32.2. The zero-order valence-corrected chi connectivity index (χ0v) is 15.7. The Hall–Kier alpha value is -2.08. The summed E-state index contributed by atoms with van der Waals surface area (Å²) in [6.07, 6.45) is 0. The van der Waals surface area contributed by atoms with Crippen molar-refractivity contribution in [2.45, 2.75) is 39.0 Å². The number of ether oxygens (including phenoxy) is 1. The van der Waals surface area contributed by atoms with Gasteiger partial charge in [-0.25, -0.2) is 9.79 Å². The van der Waals surface area contributed by atoms with Crippen LogP contribution in [-0.2, 0) is 14.3 Å². The predicted molar refractivity (Wildman–Crippen MR) is 99.0 cm³/mol. The first-order valence-corrected chi connectivity index (χ1v) is 9.29. The lowest BCUT2D eigenvalue weighted by Crippen LogP contribution is -2.40. The van der Waals surface area contributed by atoms with Crippen molar-refractivity contribution in [2.24, 2.45) is 10.9 Å². The topological polar surface area (TPSA) is 59.0 Å². The van der Waals surface area contributed by atoms with Crippen molar-refractivity contribution in [1.82, 2.24) is 4.90 Å². The molecule has 0 bridgehead atoms. The Morgan fingerprint density at radius 2 is 2.00 bits per heavy atom. The third-order valence-corrected chi connectivity index (χ3v) is 5.20. The maximum atomic E-state index is 12.8. The van der Waals surface area contributed by atoms with E-state index in [-0.39, 0.29) is 17.1 Å². The van der Waals surface area contributed by atoms with Gasteiger partial charge in [-0.1, -0.05) is 55.9 Å². The van der Waals surface area contributed by atoms with E-state index in [1.54, 1.807) is 11.8 Å². The van der Waals surface area contributed by atoms with Crippen LogP contribution in [0.4, 0.5) is 0 Å². The Morgan fingerprint density at radius 1 is 1.32 bits per heavy atom. The van der Waals surface area contributed by atoms with E-state index < -0.39 is 12.0 Å². The van der Waals surface area contributed by atoms with Crippen LogP contribution >= 0.6 is 11.8 Å². The standard InChI is InChI=1S/C19H22N2O3S/c1-11(2)10-24-18(23)15-12(3)20-19-21(17(22)13(4)25-19)16(15)14-8-6-5-7-9-14/h5-9,11,13,16H,10H2,1-4H3/t13-,16-/m0/s1. The number of thioether (sulfide) groups is 1. The van der Waals surface area contributed by atoms with Crippen LogP contribution in [0.25, 0.3) is 0 Å². The fraction of sp³-hybridized carbons (Fsp3) is 0.421. The van der Waals surface area contributed by atoms with E-state index in [1.807, 2.05) is 51.1 Å². The van der Waals surface area contributed by atoms with Crippen LogP contribution in [0, 0.1) is 5.92 Å². The van der Waals surface area contributed by atoms with Gasteiger partial charge in [-0.3, -0.25) is 9.69 Å². The van der Waals surface area contributed by atoms with Crippen molar-refractivity contribution < 1.29 is 14.3 Å². The number of rotatable bonds is 4. The zero-order valence-electron chi connectivity index (χ0n) is 14.9. The normalized spacial score (nSPS) is 23.0. The van der Waals surface area contributed by atoms with Gasteiger partial charge in [-0.05, 0) is 25.3 Å². The number of hydrogen-bond acceptors (Lipinski definition) is 5. The third kappa shape index (κ3) is 3.35. The monoisotopic (exact) mass is 358 g/mol. The molecule has 6 heteroatoms. The van der Waals surface area contributed by atoms with Gasteiger partial charge in [0.15, 0.2) is 5.17 Å². The molecule has 0 aromatic heterocycles. The predicted octanol–water partition coefficient (Wildman–Crippen LogP) is 3.53. The molecule has 25 heavy (non-hydrogen) atoms. The molecule has 132 valence electrons. The van der Waals surface area contributed by atoms with Crippen molar-refractivity contribution in [2.75, 3.05) is 6.61 Å². The highest BCUT2D eigenvalue weighted by Crippen LogP contribution is 2.43. The van der Waals surface area contributed by atoms with Crippen LogP contribution in [0.2, 0.25) is 0 Å². The SMILES string of the molecule is CC1=C(C(=O)OCC(C)C)[C@H](c2ccccc2)N2C(=O)[C@H](C)SC2=N1. The molecule has 0 radical (unpaired) electrons. The second-order valence-corrected chi connectivity index (χ2v) is 7.98. The van der Waals surface area contributed by atoms with Gasteiger partial charge >= 0.3 is 5.97 Å². The van der Waals surface area contributed by atoms with E-state index in [0.29, 0.717) is 23.0 Å². The number of fused-ring (bicyclic) bond motifs is 1. The molecule has 2 atom stereocenters. The molecule has 1 fully saturated rings. The smallest absolute Gasteiger partial charge is 0.338 e. The average Bonchev–Trinajstić information content (AvgIpc) is 2.86. The van der Waals surface area contributed by atoms with Crippen LogP contribution < -0.4 is 0 Å². The summed E-state index contributed by atoms with van der Waals surface area (Å²) in [5.41, 5.74) is 1.94. The van der Waals surface area contributed by atoms with Crippen molar-refractivity contribution in [3.63, 3.8) is 0 Å². The van der Waals surface area contributed by atoms with E-state index in [1.165, 1.54) is 11.8 Å². The summed E-state index contributed by atoms with van der Waals surface area (Å²) in [5, 5.41) is 0.452. The Kier molecular flexibility index (Phi) is 4.99. The van der Waals surface area contributed by atoms with E-state index in [4.69, 9.17) is 4.74 Å². The number of amidine groups is 1. The second-order valence-electron chi connectivity index (χ2n) is 6.67. The van der Waals surface area contributed by atoms with Gasteiger partial charge in [0.1, 0.15) is 0 Å². The fourth-order valence-corrected chi connectivity index (χ4v) is 3.96. The molecule has 0 aliphatic carbocycles. The van der Waals surface area contributed by atoms with Crippen molar-refractivity contribution in [3.05, 3.63) is 47.2 Å². The number of esters is 1. The minimum absolute atomic E-state index is 0.0285. The largest absolute Gasteiger partial charge is 0.462 e. The van der Waals surface area contributed by atoms with Gasteiger partial charge in [0.2, 0.25) is 5.91 Å². The van der Waals surface area contributed by atoms with Gasteiger partial charge in [0.05, 0.1) is 29.2 Å². The highest BCUT2D eigenvalue weighted by molar-refractivity contribution is 8.15. The summed E-state index contributed by atoms with van der Waals surface area (Å²) in [6, 6.07) is 9.10. The van der Waals surface area contributed by atoms with E-state index in [2.05, 4.69) is 4.99 Å². The number of allylic oxidation sites excluding steroid dienone is 1. The molecule has 1 saturated heterocycles. The number of nitrogens with zero attached hydrogens (tertiary/aromatic N) is 2. The number of hydrogen-bond donors (Lipinski definition) is 0. The zero-order chi connectivity index (χ0) is 18.1. The summed E-state index contributed by atoms with van der Waals surface area (Å²) in [5.74, 6) is -0.189. The summed E-state index contributed by atoms with van der Waals surface area (Å²) in [6.45, 7) is 7.99. The van der Waals surface area contributed by atoms with Crippen LogP contribution in [-0.4, -0.2) is 33.8 Å². The van der Waals surface area contributed by atoms with Crippen molar-refractivity contribution in [3.8, 4) is 0 Å². The molecular weight excluding hydrogens is 336 g/mol. The number of benzene rings is 1. The number of carbonyl (C=O) groups is 2. The molecule has 0 spiro atoms. The molecule has 0 saturated carbocycles. The van der Waals surface area contributed by atoms with E-state index in [0.717, 1.165) is 5.56 Å². The number of amides is 1. The first kappa shape index (κ1) is 17.7. The van der Waals surface area contributed by atoms with Crippen LogP contribution in [0.3, 0.4) is 0 Å². The van der Waals surface area contributed by atoms with Gasteiger partial charge in [0, 0.05) is 0 Å². The number of carbonyl (C=O) groups excluding carboxylic acids is 2. The highest BCUT2D eigenvalue weighted by Gasteiger charge is 2.46. The molecular formula is C19H22N2O3S. The molecule has 2 aliphatic heterocycles. The second kappa shape index (κ2) is 7.04. The lowest BCUT2D eigenvalue weighted by Gasteiger charge is -2.33. The van der Waals surface area contributed by atoms with Gasteiger partial charge < -0.3 is 4.74 Å². The summed E-state index contributed by atoms with van der Waals surface area (Å²) >= 11 is 1.43. The molecule has 1 aromatic rings. The molecule has 1 amide bonds. The minimum atomic E-state index is -0.488. The van der Waals surface area contributed by atoms with E-state index in [9.17, 15) is 9.59 Å². The molecule has 1 aromatic carbocycles. The first-order valence-electron chi connectivity index (χ1n) is 8.41. The molecule has 2 heterocycles.